The smallest absolute Gasteiger partial charge is 0.356 e. The highest BCUT2D eigenvalue weighted by Gasteiger charge is 2.27. The molecule has 152 valence electrons. The average Bonchev–Trinajstić information content (AvgIpc) is 3.14. The lowest BCUT2D eigenvalue weighted by Gasteiger charge is -2.12. The van der Waals surface area contributed by atoms with Crippen LogP contribution in [-0.2, 0) is 14.8 Å². The minimum Gasteiger partial charge on any atom is -0.461 e. The standard InChI is InChI=1S/C24H21NO4S/c1-3-29-24(26)23-16-20-12-11-19(18-7-5-4-6-8-18)15-22(20)25(23)30(27,28)21-13-9-17(2)10-14-21/h4-16H,3H2,1-2H3. The minimum absolute atomic E-state index is 0.0161. The highest BCUT2D eigenvalue weighted by molar-refractivity contribution is 7.90. The van der Waals surface area contributed by atoms with Gasteiger partial charge in [0.05, 0.1) is 17.0 Å². The lowest BCUT2D eigenvalue weighted by Crippen LogP contribution is -2.19. The maximum Gasteiger partial charge on any atom is 0.356 e. The molecular formula is C24H21NO4S. The van der Waals surface area contributed by atoms with Crippen molar-refractivity contribution in [1.82, 2.24) is 3.97 Å². The molecule has 0 radical (unpaired) electrons. The number of benzene rings is 3. The molecule has 3 aromatic carbocycles. The van der Waals surface area contributed by atoms with E-state index >= 15 is 0 Å². The Morgan fingerprint density at radius 3 is 2.27 bits per heavy atom. The maximum absolute atomic E-state index is 13.6. The second-order valence-electron chi connectivity index (χ2n) is 6.97. The van der Waals surface area contributed by atoms with Crippen molar-refractivity contribution < 1.29 is 17.9 Å². The summed E-state index contributed by atoms with van der Waals surface area (Å²) in [7, 11) is -4.02. The van der Waals surface area contributed by atoms with Crippen molar-refractivity contribution in [2.45, 2.75) is 18.7 Å². The van der Waals surface area contributed by atoms with Gasteiger partial charge in [0.2, 0.25) is 0 Å². The summed E-state index contributed by atoms with van der Waals surface area (Å²) < 4.78 is 33.3. The Bertz CT molecular complexity index is 1320. The zero-order valence-corrected chi connectivity index (χ0v) is 17.5. The fourth-order valence-electron chi connectivity index (χ4n) is 3.41. The van der Waals surface area contributed by atoms with Crippen LogP contribution < -0.4 is 0 Å². The Morgan fingerprint density at radius 2 is 1.60 bits per heavy atom. The topological polar surface area (TPSA) is 65.4 Å². The first kappa shape index (κ1) is 19.9. The van der Waals surface area contributed by atoms with Crippen LogP contribution in [0.25, 0.3) is 22.0 Å². The number of nitrogens with zero attached hydrogens (tertiary/aromatic N) is 1. The van der Waals surface area contributed by atoms with Gasteiger partial charge in [-0.15, -0.1) is 0 Å². The lowest BCUT2D eigenvalue weighted by atomic mass is 10.0. The fourth-order valence-corrected chi connectivity index (χ4v) is 4.90. The molecule has 0 amide bonds. The molecule has 4 rings (SSSR count). The number of carbonyl (C=O) groups excluding carboxylic acids is 1. The monoisotopic (exact) mass is 419 g/mol. The Morgan fingerprint density at radius 1 is 0.900 bits per heavy atom. The number of aryl methyl sites for hydroxylation is 1. The molecule has 4 aromatic rings. The van der Waals surface area contributed by atoms with Crippen molar-refractivity contribution in [3.63, 3.8) is 0 Å². The largest absolute Gasteiger partial charge is 0.461 e. The van der Waals surface area contributed by atoms with Gasteiger partial charge >= 0.3 is 5.97 Å². The van der Waals surface area contributed by atoms with E-state index in [1.54, 1.807) is 43.3 Å². The molecule has 0 aliphatic heterocycles. The lowest BCUT2D eigenvalue weighted by molar-refractivity contribution is 0.0518. The van der Waals surface area contributed by atoms with Crippen LogP contribution in [0.3, 0.4) is 0 Å². The van der Waals surface area contributed by atoms with E-state index in [9.17, 15) is 13.2 Å². The molecule has 1 aromatic heterocycles. The van der Waals surface area contributed by atoms with Gasteiger partial charge in [-0.1, -0.05) is 60.2 Å². The molecule has 0 spiro atoms. The first-order chi connectivity index (χ1) is 14.4. The quantitative estimate of drug-likeness (QED) is 0.426. The third-order valence-electron chi connectivity index (χ3n) is 4.91. The van der Waals surface area contributed by atoms with E-state index in [-0.39, 0.29) is 17.2 Å². The molecule has 5 nitrogen and oxygen atoms in total. The van der Waals surface area contributed by atoms with E-state index < -0.39 is 16.0 Å². The summed E-state index contributed by atoms with van der Waals surface area (Å²) in [6.45, 7) is 3.73. The normalized spacial score (nSPS) is 11.5. The zero-order valence-electron chi connectivity index (χ0n) is 16.7. The number of hydrogen-bond donors (Lipinski definition) is 0. The third kappa shape index (κ3) is 3.50. The van der Waals surface area contributed by atoms with E-state index in [0.29, 0.717) is 10.9 Å². The van der Waals surface area contributed by atoms with Crippen LogP contribution in [0.5, 0.6) is 0 Å². The molecule has 0 fully saturated rings. The van der Waals surface area contributed by atoms with Crippen LogP contribution in [0.4, 0.5) is 0 Å². The van der Waals surface area contributed by atoms with Crippen molar-refractivity contribution in [3.05, 3.63) is 90.1 Å². The van der Waals surface area contributed by atoms with Crippen molar-refractivity contribution in [1.29, 1.82) is 0 Å². The van der Waals surface area contributed by atoms with Gasteiger partial charge in [0.15, 0.2) is 0 Å². The van der Waals surface area contributed by atoms with Gasteiger partial charge in [-0.2, -0.15) is 0 Å². The van der Waals surface area contributed by atoms with Crippen LogP contribution >= 0.6 is 0 Å². The van der Waals surface area contributed by atoms with Crippen LogP contribution in [0.1, 0.15) is 23.0 Å². The van der Waals surface area contributed by atoms with E-state index in [1.165, 1.54) is 0 Å². The Balaban J connectivity index is 1.99. The Labute approximate surface area is 175 Å². The zero-order chi connectivity index (χ0) is 21.3. The van der Waals surface area contributed by atoms with Gasteiger partial charge in [-0.25, -0.2) is 17.2 Å². The summed E-state index contributed by atoms with van der Waals surface area (Å²) in [5, 5.41) is 0.647. The predicted molar refractivity (Wildman–Crippen MR) is 117 cm³/mol. The van der Waals surface area contributed by atoms with Gasteiger partial charge in [0, 0.05) is 5.39 Å². The number of hydrogen-bond acceptors (Lipinski definition) is 4. The van der Waals surface area contributed by atoms with Gasteiger partial charge in [-0.05, 0) is 49.2 Å². The SMILES string of the molecule is CCOC(=O)c1cc2ccc(-c3ccccc3)cc2n1S(=O)(=O)c1ccc(C)cc1. The number of carbonyl (C=O) groups is 1. The molecule has 0 atom stereocenters. The maximum atomic E-state index is 13.6. The molecule has 1 heterocycles. The highest BCUT2D eigenvalue weighted by atomic mass is 32.2. The number of aromatic nitrogens is 1. The van der Waals surface area contributed by atoms with Gasteiger partial charge in [0.1, 0.15) is 5.69 Å². The number of ether oxygens (including phenoxy) is 1. The predicted octanol–water partition coefficient (Wildman–Crippen LogP) is 5.03. The average molecular weight is 420 g/mol. The van der Waals surface area contributed by atoms with Crippen LogP contribution in [0.15, 0.2) is 83.8 Å². The summed E-state index contributed by atoms with van der Waals surface area (Å²) in [6.07, 6.45) is 0. The number of rotatable bonds is 5. The fraction of sp³-hybridized carbons (Fsp3) is 0.125. The van der Waals surface area contributed by atoms with Gasteiger partial charge in [-0.3, -0.25) is 0 Å². The molecule has 30 heavy (non-hydrogen) atoms. The van der Waals surface area contributed by atoms with E-state index in [0.717, 1.165) is 20.7 Å². The van der Waals surface area contributed by atoms with Crippen molar-refractivity contribution in [3.8, 4) is 11.1 Å². The van der Waals surface area contributed by atoms with Crippen LogP contribution in [0, 0.1) is 6.92 Å². The number of esters is 1. The van der Waals surface area contributed by atoms with Crippen molar-refractivity contribution in [2.75, 3.05) is 6.61 Å². The Kier molecular flexibility index (Phi) is 5.18. The second-order valence-corrected chi connectivity index (χ2v) is 8.76. The molecule has 0 aliphatic rings. The first-order valence-electron chi connectivity index (χ1n) is 9.62. The van der Waals surface area contributed by atoms with Gasteiger partial charge in [0.25, 0.3) is 10.0 Å². The second kappa shape index (κ2) is 7.80. The highest BCUT2D eigenvalue weighted by Crippen LogP contribution is 2.30. The van der Waals surface area contributed by atoms with E-state index in [2.05, 4.69) is 0 Å². The summed E-state index contributed by atoms with van der Waals surface area (Å²) in [5.74, 6) is -0.675. The van der Waals surface area contributed by atoms with Gasteiger partial charge < -0.3 is 4.74 Å². The molecule has 0 unspecified atom stereocenters. The van der Waals surface area contributed by atoms with Crippen LogP contribution in [0.2, 0.25) is 0 Å². The molecular weight excluding hydrogens is 398 g/mol. The van der Waals surface area contributed by atoms with E-state index in [4.69, 9.17) is 4.74 Å². The number of fused-ring (bicyclic) bond motifs is 1. The molecule has 0 saturated heterocycles. The summed E-state index contributed by atoms with van der Waals surface area (Å²) in [6, 6.07) is 23.3. The molecule has 0 aliphatic carbocycles. The minimum atomic E-state index is -4.02. The van der Waals surface area contributed by atoms with Crippen LogP contribution in [-0.4, -0.2) is 25.0 Å². The summed E-state index contributed by atoms with van der Waals surface area (Å²) in [5.41, 5.74) is 3.18. The first-order valence-corrected chi connectivity index (χ1v) is 11.1. The molecule has 6 heteroatoms. The van der Waals surface area contributed by atoms with E-state index in [1.807, 2.05) is 49.4 Å². The molecule has 0 bridgehead atoms. The van der Waals surface area contributed by atoms with Crippen molar-refractivity contribution >= 4 is 26.9 Å². The summed E-state index contributed by atoms with van der Waals surface area (Å²) in [4.78, 5) is 12.7. The Hall–Kier alpha value is -3.38. The van der Waals surface area contributed by atoms with Crippen molar-refractivity contribution in [2.24, 2.45) is 0 Å². The third-order valence-corrected chi connectivity index (χ3v) is 6.65. The molecule has 0 saturated carbocycles. The molecule has 0 N–H and O–H groups in total. The summed E-state index contributed by atoms with van der Waals surface area (Å²) >= 11 is 0.